The number of urea groups is 1. The molecule has 2 N–H and O–H groups in total. The van der Waals surface area contributed by atoms with Crippen LogP contribution in [0.2, 0.25) is 0 Å². The number of carboxylic acid groups (broad SMARTS) is 1. The molecular weight excluding hydrogens is 284 g/mol. The number of nitrogens with zero attached hydrogens (tertiary/aromatic N) is 1. The fourth-order valence-corrected chi connectivity index (χ4v) is 2.07. The minimum atomic E-state index is -0.922. The summed E-state index contributed by atoms with van der Waals surface area (Å²) in [7, 11) is 1.58. The SMILES string of the molecule is CCOc1ccccc1C(C)NC(=O)N(C)CC(C)C(=O)O. The average molecular weight is 308 g/mol. The van der Waals surface area contributed by atoms with Gasteiger partial charge in [-0.3, -0.25) is 4.79 Å². The summed E-state index contributed by atoms with van der Waals surface area (Å²) in [5.74, 6) is -0.796. The van der Waals surface area contributed by atoms with E-state index in [9.17, 15) is 9.59 Å². The maximum Gasteiger partial charge on any atom is 0.317 e. The Morgan fingerprint density at radius 3 is 2.55 bits per heavy atom. The number of para-hydroxylation sites is 1. The van der Waals surface area contributed by atoms with Gasteiger partial charge in [-0.05, 0) is 19.9 Å². The molecule has 2 amide bonds. The molecule has 0 heterocycles. The van der Waals surface area contributed by atoms with Crippen molar-refractivity contribution in [1.82, 2.24) is 10.2 Å². The molecule has 1 rings (SSSR count). The van der Waals surface area contributed by atoms with Gasteiger partial charge in [0.2, 0.25) is 0 Å². The first kappa shape index (κ1) is 17.8. The van der Waals surface area contributed by atoms with Gasteiger partial charge in [0.25, 0.3) is 0 Å². The standard InChI is InChI=1S/C16H24N2O4/c1-5-22-14-9-7-6-8-13(14)12(3)17-16(21)18(4)10-11(2)15(19)20/h6-9,11-12H,5,10H2,1-4H3,(H,17,21)(H,19,20). The van der Waals surface area contributed by atoms with E-state index in [2.05, 4.69) is 5.32 Å². The van der Waals surface area contributed by atoms with E-state index >= 15 is 0 Å². The van der Waals surface area contributed by atoms with E-state index in [-0.39, 0.29) is 18.6 Å². The van der Waals surface area contributed by atoms with E-state index < -0.39 is 11.9 Å². The van der Waals surface area contributed by atoms with Crippen LogP contribution in [0.1, 0.15) is 32.4 Å². The van der Waals surface area contributed by atoms with Crippen molar-refractivity contribution in [2.75, 3.05) is 20.2 Å². The molecule has 122 valence electrons. The Hall–Kier alpha value is -2.24. The number of ether oxygens (including phenoxy) is 1. The fraction of sp³-hybridized carbons (Fsp3) is 0.500. The zero-order valence-corrected chi connectivity index (χ0v) is 13.5. The molecule has 0 aliphatic carbocycles. The molecule has 0 saturated heterocycles. The van der Waals surface area contributed by atoms with E-state index in [1.807, 2.05) is 38.1 Å². The Morgan fingerprint density at radius 2 is 1.95 bits per heavy atom. The molecule has 1 aromatic rings. The van der Waals surface area contributed by atoms with Crippen molar-refractivity contribution in [2.45, 2.75) is 26.8 Å². The van der Waals surface area contributed by atoms with Crippen LogP contribution in [0.3, 0.4) is 0 Å². The van der Waals surface area contributed by atoms with Crippen LogP contribution in [-0.2, 0) is 4.79 Å². The van der Waals surface area contributed by atoms with Gasteiger partial charge < -0.3 is 20.1 Å². The first-order chi connectivity index (χ1) is 10.4. The second-order valence-corrected chi connectivity index (χ2v) is 5.26. The second-order valence-electron chi connectivity index (χ2n) is 5.26. The number of hydrogen-bond acceptors (Lipinski definition) is 3. The number of carbonyl (C=O) groups is 2. The molecular formula is C16H24N2O4. The number of hydrogen-bond donors (Lipinski definition) is 2. The van der Waals surface area contributed by atoms with Crippen molar-refractivity contribution in [1.29, 1.82) is 0 Å². The molecule has 6 heteroatoms. The zero-order chi connectivity index (χ0) is 16.7. The number of rotatable bonds is 7. The fourth-order valence-electron chi connectivity index (χ4n) is 2.07. The number of aliphatic carboxylic acids is 1. The monoisotopic (exact) mass is 308 g/mol. The maximum atomic E-state index is 12.1. The van der Waals surface area contributed by atoms with Crippen LogP contribution in [0.5, 0.6) is 5.75 Å². The lowest BCUT2D eigenvalue weighted by atomic mass is 10.1. The van der Waals surface area contributed by atoms with Gasteiger partial charge in [0.15, 0.2) is 0 Å². The number of amides is 2. The molecule has 6 nitrogen and oxygen atoms in total. The summed E-state index contributed by atoms with van der Waals surface area (Å²) < 4.78 is 5.55. The first-order valence-electron chi connectivity index (χ1n) is 7.33. The van der Waals surface area contributed by atoms with Crippen LogP contribution in [0.15, 0.2) is 24.3 Å². The molecule has 2 unspecified atom stereocenters. The lowest BCUT2D eigenvalue weighted by Gasteiger charge is -2.24. The largest absolute Gasteiger partial charge is 0.494 e. The third-order valence-electron chi connectivity index (χ3n) is 3.34. The van der Waals surface area contributed by atoms with E-state index in [4.69, 9.17) is 9.84 Å². The van der Waals surface area contributed by atoms with Crippen molar-refractivity contribution in [2.24, 2.45) is 5.92 Å². The average Bonchev–Trinajstić information content (AvgIpc) is 2.47. The highest BCUT2D eigenvalue weighted by atomic mass is 16.5. The van der Waals surface area contributed by atoms with Crippen LogP contribution in [0, 0.1) is 5.92 Å². The smallest absolute Gasteiger partial charge is 0.317 e. The normalized spacial score (nSPS) is 13.1. The van der Waals surface area contributed by atoms with Gasteiger partial charge in [0.1, 0.15) is 5.75 Å². The third kappa shape index (κ3) is 4.95. The lowest BCUT2D eigenvalue weighted by molar-refractivity contribution is -0.141. The molecule has 0 spiro atoms. The van der Waals surface area contributed by atoms with Crippen molar-refractivity contribution >= 4 is 12.0 Å². The van der Waals surface area contributed by atoms with Crippen LogP contribution in [0.4, 0.5) is 4.79 Å². The quantitative estimate of drug-likeness (QED) is 0.811. The van der Waals surface area contributed by atoms with E-state index in [1.165, 1.54) is 4.90 Å². The van der Waals surface area contributed by atoms with Gasteiger partial charge in [0.05, 0.1) is 18.6 Å². The Balaban J connectivity index is 2.69. The van der Waals surface area contributed by atoms with Crippen molar-refractivity contribution in [3.05, 3.63) is 29.8 Å². The topological polar surface area (TPSA) is 78.9 Å². The van der Waals surface area contributed by atoms with E-state index in [0.717, 1.165) is 11.3 Å². The summed E-state index contributed by atoms with van der Waals surface area (Å²) in [4.78, 5) is 24.4. The van der Waals surface area contributed by atoms with Gasteiger partial charge in [-0.1, -0.05) is 25.1 Å². The van der Waals surface area contributed by atoms with Gasteiger partial charge in [-0.2, -0.15) is 0 Å². The molecule has 0 aromatic heterocycles. The number of carbonyl (C=O) groups excluding carboxylic acids is 1. The Bertz CT molecular complexity index is 519. The Labute approximate surface area is 131 Å². The highest BCUT2D eigenvalue weighted by Crippen LogP contribution is 2.24. The second kappa shape index (κ2) is 8.26. The van der Waals surface area contributed by atoms with Crippen molar-refractivity contribution in [3.8, 4) is 5.75 Å². The van der Waals surface area contributed by atoms with Crippen LogP contribution in [0.25, 0.3) is 0 Å². The molecule has 1 aromatic carbocycles. The molecule has 0 radical (unpaired) electrons. The van der Waals surface area contributed by atoms with Gasteiger partial charge in [0, 0.05) is 19.2 Å². The molecule has 22 heavy (non-hydrogen) atoms. The third-order valence-corrected chi connectivity index (χ3v) is 3.34. The summed E-state index contributed by atoms with van der Waals surface area (Å²) in [6.07, 6.45) is 0. The Morgan fingerprint density at radius 1 is 1.32 bits per heavy atom. The first-order valence-corrected chi connectivity index (χ1v) is 7.33. The highest BCUT2D eigenvalue weighted by Gasteiger charge is 2.20. The maximum absolute atomic E-state index is 12.1. The van der Waals surface area contributed by atoms with Crippen LogP contribution >= 0.6 is 0 Å². The molecule has 0 saturated carbocycles. The van der Waals surface area contributed by atoms with Crippen LogP contribution in [-0.4, -0.2) is 42.2 Å². The summed E-state index contributed by atoms with van der Waals surface area (Å²) in [6, 6.07) is 6.97. The predicted molar refractivity (Wildman–Crippen MR) is 84.0 cm³/mol. The van der Waals surface area contributed by atoms with Crippen molar-refractivity contribution in [3.63, 3.8) is 0 Å². The molecule has 0 aliphatic heterocycles. The van der Waals surface area contributed by atoms with E-state index in [1.54, 1.807) is 14.0 Å². The number of benzene rings is 1. The van der Waals surface area contributed by atoms with Crippen LogP contribution < -0.4 is 10.1 Å². The van der Waals surface area contributed by atoms with Gasteiger partial charge >= 0.3 is 12.0 Å². The summed E-state index contributed by atoms with van der Waals surface area (Å²) in [5.41, 5.74) is 0.886. The number of nitrogens with one attached hydrogen (secondary N) is 1. The molecule has 0 fully saturated rings. The Kier molecular flexibility index (Phi) is 6.69. The summed E-state index contributed by atoms with van der Waals surface area (Å²) in [5, 5.41) is 11.7. The minimum Gasteiger partial charge on any atom is -0.494 e. The highest BCUT2D eigenvalue weighted by molar-refractivity contribution is 5.76. The zero-order valence-electron chi connectivity index (χ0n) is 13.5. The molecule has 0 bridgehead atoms. The van der Waals surface area contributed by atoms with Gasteiger partial charge in [-0.25, -0.2) is 4.79 Å². The van der Waals surface area contributed by atoms with Gasteiger partial charge in [-0.15, -0.1) is 0 Å². The predicted octanol–water partition coefficient (Wildman–Crippen LogP) is 2.51. The molecule has 2 atom stereocenters. The number of carboxylic acids is 1. The summed E-state index contributed by atoms with van der Waals surface area (Å²) in [6.45, 7) is 6.04. The van der Waals surface area contributed by atoms with E-state index in [0.29, 0.717) is 6.61 Å². The minimum absolute atomic E-state index is 0.154. The molecule has 0 aliphatic rings. The van der Waals surface area contributed by atoms with Crippen molar-refractivity contribution < 1.29 is 19.4 Å². The lowest BCUT2D eigenvalue weighted by Crippen LogP contribution is -2.41. The summed E-state index contributed by atoms with van der Waals surface area (Å²) >= 11 is 0.